The lowest BCUT2D eigenvalue weighted by molar-refractivity contribution is -0.138. The highest BCUT2D eigenvalue weighted by atomic mass is 16.4. The number of carbonyl (C=O) groups excluding carboxylic acids is 1. The van der Waals surface area contributed by atoms with Gasteiger partial charge in [0.1, 0.15) is 6.04 Å². The third-order valence-corrected chi connectivity index (χ3v) is 1.82. The molecular formula is C9H12N2O4. The molecule has 1 aromatic heterocycles. The van der Waals surface area contributed by atoms with Gasteiger partial charge >= 0.3 is 5.97 Å². The van der Waals surface area contributed by atoms with Crippen LogP contribution in [0, 0.1) is 0 Å². The predicted octanol–water partition coefficient (Wildman–Crippen LogP) is 0.410. The number of rotatable bonds is 6. The van der Waals surface area contributed by atoms with E-state index in [0.29, 0.717) is 5.88 Å². The normalized spacial score (nSPS) is 12.0. The molecule has 0 spiro atoms. The monoisotopic (exact) mass is 212 g/mol. The van der Waals surface area contributed by atoms with Gasteiger partial charge in [-0.15, -0.1) is 0 Å². The number of nitrogens with one attached hydrogen (secondary N) is 1. The van der Waals surface area contributed by atoms with Gasteiger partial charge in [0.15, 0.2) is 5.88 Å². The van der Waals surface area contributed by atoms with Crippen LogP contribution in [0.4, 0.5) is 5.88 Å². The summed E-state index contributed by atoms with van der Waals surface area (Å²) in [7, 11) is 0. The molecule has 6 nitrogen and oxygen atoms in total. The molecule has 82 valence electrons. The molecule has 1 heterocycles. The van der Waals surface area contributed by atoms with E-state index in [1.54, 1.807) is 12.1 Å². The summed E-state index contributed by atoms with van der Waals surface area (Å²) in [5, 5.41) is 11.5. The number of anilines is 1. The lowest BCUT2D eigenvalue weighted by Crippen LogP contribution is -2.30. The molecular weight excluding hydrogens is 200 g/mol. The first-order chi connectivity index (χ1) is 7.09. The Balaban J connectivity index is 2.51. The molecule has 1 aromatic rings. The van der Waals surface area contributed by atoms with Crippen LogP contribution < -0.4 is 11.1 Å². The number of furan rings is 1. The SMILES string of the molecule is NC(=O)CC[C@H](Nc1ccco1)C(=O)O. The van der Waals surface area contributed by atoms with E-state index in [1.165, 1.54) is 6.26 Å². The first-order valence-electron chi connectivity index (χ1n) is 4.40. The third kappa shape index (κ3) is 3.72. The quantitative estimate of drug-likeness (QED) is 0.633. The lowest BCUT2D eigenvalue weighted by Gasteiger charge is -2.12. The molecule has 1 rings (SSSR count). The van der Waals surface area contributed by atoms with Crippen molar-refractivity contribution in [2.75, 3.05) is 5.32 Å². The van der Waals surface area contributed by atoms with Crippen molar-refractivity contribution in [3.05, 3.63) is 18.4 Å². The van der Waals surface area contributed by atoms with Gasteiger partial charge in [0.25, 0.3) is 0 Å². The fourth-order valence-corrected chi connectivity index (χ4v) is 1.08. The summed E-state index contributed by atoms with van der Waals surface area (Å²) in [6.45, 7) is 0. The number of hydrogen-bond donors (Lipinski definition) is 3. The number of hydrogen-bond acceptors (Lipinski definition) is 4. The van der Waals surface area contributed by atoms with Crippen molar-refractivity contribution in [1.82, 2.24) is 0 Å². The van der Waals surface area contributed by atoms with Crippen LogP contribution in [0.2, 0.25) is 0 Å². The zero-order valence-electron chi connectivity index (χ0n) is 7.97. The van der Waals surface area contributed by atoms with Crippen LogP contribution in [0.3, 0.4) is 0 Å². The summed E-state index contributed by atoms with van der Waals surface area (Å²) in [6.07, 6.45) is 1.57. The van der Waals surface area contributed by atoms with E-state index in [1.807, 2.05) is 0 Å². The Kier molecular flexibility index (Phi) is 3.73. The average molecular weight is 212 g/mol. The van der Waals surface area contributed by atoms with Crippen LogP contribution in [0.15, 0.2) is 22.8 Å². The topological polar surface area (TPSA) is 106 Å². The standard InChI is InChI=1S/C9H12N2O4/c10-7(12)4-3-6(9(13)14)11-8-2-1-5-15-8/h1-2,5-6,11H,3-4H2,(H2,10,12)(H,13,14)/t6-/m0/s1. The minimum absolute atomic E-state index is 0.0185. The van der Waals surface area contributed by atoms with Gasteiger partial charge in [0, 0.05) is 12.5 Å². The largest absolute Gasteiger partial charge is 0.480 e. The van der Waals surface area contributed by atoms with Crippen molar-refractivity contribution in [2.45, 2.75) is 18.9 Å². The first-order valence-corrected chi connectivity index (χ1v) is 4.40. The molecule has 0 aliphatic rings. The maximum absolute atomic E-state index is 10.8. The van der Waals surface area contributed by atoms with Gasteiger partial charge in [0.2, 0.25) is 5.91 Å². The number of primary amides is 1. The zero-order chi connectivity index (χ0) is 11.3. The zero-order valence-corrected chi connectivity index (χ0v) is 7.97. The van der Waals surface area contributed by atoms with E-state index in [2.05, 4.69) is 5.32 Å². The molecule has 4 N–H and O–H groups in total. The van der Waals surface area contributed by atoms with Crippen LogP contribution in [0.5, 0.6) is 0 Å². The number of aliphatic carboxylic acids is 1. The molecule has 0 aliphatic heterocycles. The van der Waals surface area contributed by atoms with E-state index >= 15 is 0 Å². The first kappa shape index (κ1) is 11.1. The maximum Gasteiger partial charge on any atom is 0.326 e. The summed E-state index contributed by atoms with van der Waals surface area (Å²) >= 11 is 0. The van der Waals surface area contributed by atoms with Gasteiger partial charge in [-0.25, -0.2) is 4.79 Å². The Bertz CT molecular complexity index is 334. The number of carboxylic acids is 1. The highest BCUT2D eigenvalue weighted by Gasteiger charge is 2.18. The Labute approximate surface area is 86.1 Å². The van der Waals surface area contributed by atoms with Crippen LogP contribution in [0.1, 0.15) is 12.8 Å². The van der Waals surface area contributed by atoms with Crippen LogP contribution >= 0.6 is 0 Å². The predicted molar refractivity (Wildman–Crippen MR) is 52.2 cm³/mol. The average Bonchev–Trinajstić information content (AvgIpc) is 2.63. The van der Waals surface area contributed by atoms with Crippen LogP contribution in [-0.2, 0) is 9.59 Å². The molecule has 0 aromatic carbocycles. The second-order valence-electron chi connectivity index (χ2n) is 3.02. The maximum atomic E-state index is 10.8. The van der Waals surface area contributed by atoms with Crippen LogP contribution in [0.25, 0.3) is 0 Å². The van der Waals surface area contributed by atoms with Gasteiger partial charge in [-0.2, -0.15) is 0 Å². The van der Waals surface area contributed by atoms with Crippen molar-refractivity contribution in [1.29, 1.82) is 0 Å². The van der Waals surface area contributed by atoms with E-state index in [9.17, 15) is 9.59 Å². The molecule has 6 heteroatoms. The van der Waals surface area contributed by atoms with Gasteiger partial charge in [-0.3, -0.25) is 4.79 Å². The van der Waals surface area contributed by atoms with Crippen molar-refractivity contribution in [2.24, 2.45) is 5.73 Å². The summed E-state index contributed by atoms with van der Waals surface area (Å²) in [5.41, 5.74) is 4.93. The van der Waals surface area contributed by atoms with Gasteiger partial charge < -0.3 is 20.6 Å². The summed E-state index contributed by atoms with van der Waals surface area (Å²) in [5.74, 6) is -1.22. The fourth-order valence-electron chi connectivity index (χ4n) is 1.08. The number of amides is 1. The van der Waals surface area contributed by atoms with E-state index in [-0.39, 0.29) is 12.8 Å². The Morgan fingerprint density at radius 2 is 2.33 bits per heavy atom. The Hall–Kier alpha value is -1.98. The third-order valence-electron chi connectivity index (χ3n) is 1.82. The van der Waals surface area contributed by atoms with Crippen LogP contribution in [-0.4, -0.2) is 23.0 Å². The minimum Gasteiger partial charge on any atom is -0.480 e. The molecule has 0 saturated carbocycles. The van der Waals surface area contributed by atoms with Gasteiger partial charge in [-0.1, -0.05) is 0 Å². The molecule has 0 unspecified atom stereocenters. The van der Waals surface area contributed by atoms with Crippen molar-refractivity contribution < 1.29 is 19.1 Å². The molecule has 0 aliphatic carbocycles. The molecule has 1 amide bonds. The van der Waals surface area contributed by atoms with Gasteiger partial charge in [-0.05, 0) is 12.5 Å². The van der Waals surface area contributed by atoms with Crippen molar-refractivity contribution in [3.8, 4) is 0 Å². The number of carboxylic acid groups (broad SMARTS) is 1. The van der Waals surface area contributed by atoms with E-state index in [0.717, 1.165) is 0 Å². The van der Waals surface area contributed by atoms with E-state index in [4.69, 9.17) is 15.3 Å². The summed E-state index contributed by atoms with van der Waals surface area (Å²) in [6, 6.07) is 2.36. The second kappa shape index (κ2) is 5.04. The van der Waals surface area contributed by atoms with Gasteiger partial charge in [0.05, 0.1) is 6.26 Å². The highest BCUT2D eigenvalue weighted by molar-refractivity contribution is 5.79. The highest BCUT2D eigenvalue weighted by Crippen LogP contribution is 2.11. The smallest absolute Gasteiger partial charge is 0.326 e. The minimum atomic E-state index is -1.05. The second-order valence-corrected chi connectivity index (χ2v) is 3.02. The summed E-state index contributed by atoms with van der Waals surface area (Å²) in [4.78, 5) is 21.3. The number of carbonyl (C=O) groups is 2. The molecule has 15 heavy (non-hydrogen) atoms. The van der Waals surface area contributed by atoms with Crippen molar-refractivity contribution in [3.63, 3.8) is 0 Å². The lowest BCUT2D eigenvalue weighted by atomic mass is 10.1. The molecule has 0 radical (unpaired) electrons. The Morgan fingerprint density at radius 1 is 1.60 bits per heavy atom. The molecule has 0 saturated heterocycles. The Morgan fingerprint density at radius 3 is 2.80 bits per heavy atom. The van der Waals surface area contributed by atoms with E-state index < -0.39 is 17.9 Å². The van der Waals surface area contributed by atoms with Crippen molar-refractivity contribution >= 4 is 17.8 Å². The molecule has 1 atom stereocenters. The summed E-state index contributed by atoms with van der Waals surface area (Å²) < 4.78 is 4.93. The molecule has 0 bridgehead atoms. The fraction of sp³-hybridized carbons (Fsp3) is 0.333. The number of nitrogens with two attached hydrogens (primary N) is 1. The molecule has 0 fully saturated rings.